The number of benzene rings is 1. The molecule has 0 aromatic heterocycles. The van der Waals surface area contributed by atoms with Gasteiger partial charge in [-0.25, -0.2) is 9.59 Å². The van der Waals surface area contributed by atoms with Crippen molar-refractivity contribution in [2.75, 3.05) is 39.4 Å². The van der Waals surface area contributed by atoms with Crippen LogP contribution in [0.3, 0.4) is 0 Å². The normalized spacial score (nSPS) is 28.5. The van der Waals surface area contributed by atoms with E-state index >= 15 is 0 Å². The van der Waals surface area contributed by atoms with Crippen LogP contribution in [0.25, 0.3) is 0 Å². The highest BCUT2D eigenvalue weighted by molar-refractivity contribution is 8.03. The van der Waals surface area contributed by atoms with Crippen molar-refractivity contribution in [1.29, 1.82) is 0 Å². The number of thioether (sulfide) groups is 1. The van der Waals surface area contributed by atoms with Crippen molar-refractivity contribution in [3.05, 3.63) is 71.8 Å². The van der Waals surface area contributed by atoms with Gasteiger partial charge in [-0.15, -0.1) is 11.8 Å². The number of amides is 2. The molecule has 14 heteroatoms. The zero-order valence-electron chi connectivity index (χ0n) is 25.5. The lowest BCUT2D eigenvalue weighted by Crippen LogP contribution is -2.63. The van der Waals surface area contributed by atoms with Gasteiger partial charge in [-0.3, -0.25) is 4.79 Å². The summed E-state index contributed by atoms with van der Waals surface area (Å²) >= 11 is 1.39. The molecule has 45 heavy (non-hydrogen) atoms. The molecule has 0 radical (unpaired) electrons. The first kappa shape index (κ1) is 33.2. The molecular formula is C31H40N4O8S2. The Morgan fingerprint density at radius 3 is 2.44 bits per heavy atom. The van der Waals surface area contributed by atoms with Gasteiger partial charge in [-0.2, -0.15) is 17.0 Å². The molecule has 0 aliphatic carbocycles. The lowest BCUT2D eigenvalue weighted by Gasteiger charge is -2.46. The van der Waals surface area contributed by atoms with Crippen LogP contribution in [0, 0.1) is 11.8 Å². The Bertz CT molecular complexity index is 1470. The number of likely N-dealkylation sites (tertiary alicyclic amines) is 1. The van der Waals surface area contributed by atoms with Crippen LogP contribution in [-0.2, 0) is 35.8 Å². The summed E-state index contributed by atoms with van der Waals surface area (Å²) in [6, 6.07) is 8.51. The zero-order chi connectivity index (χ0) is 32.5. The molecule has 2 amide bonds. The van der Waals surface area contributed by atoms with Crippen LogP contribution in [0.15, 0.2) is 66.2 Å². The lowest BCUT2D eigenvalue weighted by molar-refractivity contribution is -0.164. The van der Waals surface area contributed by atoms with Crippen LogP contribution in [0.4, 0.5) is 4.79 Å². The SMILES string of the molecule is C=CCOC(=O)C1=C(S[C@H]2C[C@@H](CN3CCN(Cc4ccccc4)S3(=O)=O)N(C(=O)OCC=C)C2)[C@H](C)[C@@H]2[C@@H]([C@@H](C)O)C(=O)N12. The number of ether oxygens (including phenoxy) is 2. The summed E-state index contributed by atoms with van der Waals surface area (Å²) in [5, 5.41) is 10.1. The summed E-state index contributed by atoms with van der Waals surface area (Å²) in [6.07, 6.45) is 1.88. The minimum atomic E-state index is -3.77. The van der Waals surface area contributed by atoms with Gasteiger partial charge >= 0.3 is 12.1 Å². The molecule has 0 unspecified atom stereocenters. The Morgan fingerprint density at radius 1 is 1.11 bits per heavy atom. The molecule has 3 fully saturated rings. The van der Waals surface area contributed by atoms with Crippen LogP contribution in [0.5, 0.6) is 0 Å². The largest absolute Gasteiger partial charge is 0.457 e. The Labute approximate surface area is 268 Å². The van der Waals surface area contributed by atoms with Crippen LogP contribution < -0.4 is 0 Å². The van der Waals surface area contributed by atoms with Gasteiger partial charge in [0.1, 0.15) is 18.9 Å². The van der Waals surface area contributed by atoms with E-state index in [1.165, 1.54) is 37.4 Å². The third-order valence-electron chi connectivity index (χ3n) is 8.73. The first-order valence-electron chi connectivity index (χ1n) is 15.0. The second-order valence-electron chi connectivity index (χ2n) is 11.7. The highest BCUT2D eigenvalue weighted by Gasteiger charge is 2.60. The Hall–Kier alpha value is -3.17. The van der Waals surface area contributed by atoms with Crippen molar-refractivity contribution in [3.63, 3.8) is 0 Å². The maximum absolute atomic E-state index is 13.5. The van der Waals surface area contributed by atoms with Crippen molar-refractivity contribution in [2.24, 2.45) is 11.8 Å². The summed E-state index contributed by atoms with van der Waals surface area (Å²) in [7, 11) is -3.77. The molecule has 4 aliphatic rings. The maximum Gasteiger partial charge on any atom is 0.410 e. The number of β-lactam (4-membered cyclic amide) rings is 1. The number of aliphatic hydroxyl groups excluding tert-OH is 1. The monoisotopic (exact) mass is 660 g/mol. The van der Waals surface area contributed by atoms with Gasteiger partial charge < -0.3 is 24.4 Å². The Kier molecular flexibility index (Phi) is 10.1. The number of carbonyl (C=O) groups is 3. The fourth-order valence-corrected chi connectivity index (χ4v) is 9.79. The van der Waals surface area contributed by atoms with E-state index in [2.05, 4.69) is 13.2 Å². The number of hydrogen-bond acceptors (Lipinski definition) is 9. The van der Waals surface area contributed by atoms with E-state index in [0.29, 0.717) is 24.4 Å². The first-order chi connectivity index (χ1) is 21.5. The summed E-state index contributed by atoms with van der Waals surface area (Å²) in [4.78, 5) is 43.0. The van der Waals surface area contributed by atoms with Gasteiger partial charge in [-0.1, -0.05) is 62.6 Å². The van der Waals surface area contributed by atoms with Crippen molar-refractivity contribution in [2.45, 2.75) is 50.3 Å². The minimum absolute atomic E-state index is 0.00763. The van der Waals surface area contributed by atoms with Gasteiger partial charge in [0.15, 0.2) is 0 Å². The van der Waals surface area contributed by atoms with E-state index in [1.807, 2.05) is 37.3 Å². The summed E-state index contributed by atoms with van der Waals surface area (Å²) in [5.74, 6) is -1.88. The quantitative estimate of drug-likeness (QED) is 0.204. The summed E-state index contributed by atoms with van der Waals surface area (Å²) < 4.78 is 40.6. The highest BCUT2D eigenvalue weighted by Crippen LogP contribution is 2.52. The molecule has 1 aromatic carbocycles. The second-order valence-corrected chi connectivity index (χ2v) is 15.0. The van der Waals surface area contributed by atoms with Gasteiger partial charge in [0.05, 0.1) is 24.1 Å². The molecule has 4 heterocycles. The number of rotatable bonds is 12. The molecule has 1 aromatic rings. The number of hydrogen-bond donors (Lipinski definition) is 1. The second kappa shape index (κ2) is 13.7. The Morgan fingerprint density at radius 2 is 1.78 bits per heavy atom. The van der Waals surface area contributed by atoms with E-state index in [0.717, 1.165) is 5.56 Å². The first-order valence-corrected chi connectivity index (χ1v) is 17.3. The maximum atomic E-state index is 13.5. The molecule has 1 N–H and O–H groups in total. The predicted molar refractivity (Wildman–Crippen MR) is 169 cm³/mol. The number of aliphatic hydroxyl groups is 1. The number of carbonyl (C=O) groups excluding carboxylic acids is 3. The van der Waals surface area contributed by atoms with Crippen LogP contribution in [0.1, 0.15) is 25.8 Å². The molecule has 4 aliphatic heterocycles. The van der Waals surface area contributed by atoms with Crippen molar-refractivity contribution in [3.8, 4) is 0 Å². The fourth-order valence-electron chi connectivity index (χ4n) is 6.61. The third-order valence-corrected chi connectivity index (χ3v) is 12.2. The van der Waals surface area contributed by atoms with E-state index in [1.54, 1.807) is 11.8 Å². The van der Waals surface area contributed by atoms with Gasteiger partial charge in [-0.05, 0) is 18.9 Å². The number of esters is 1. The highest BCUT2D eigenvalue weighted by atomic mass is 32.2. The molecular weight excluding hydrogens is 620 g/mol. The van der Waals surface area contributed by atoms with Crippen molar-refractivity contribution in [1.82, 2.24) is 18.4 Å². The minimum Gasteiger partial charge on any atom is -0.457 e. The van der Waals surface area contributed by atoms with Crippen molar-refractivity contribution < 1.29 is 37.4 Å². The lowest BCUT2D eigenvalue weighted by atomic mass is 9.79. The van der Waals surface area contributed by atoms with E-state index < -0.39 is 40.3 Å². The van der Waals surface area contributed by atoms with Crippen molar-refractivity contribution >= 4 is 39.9 Å². The molecule has 0 bridgehead atoms. The zero-order valence-corrected chi connectivity index (χ0v) is 27.1. The van der Waals surface area contributed by atoms with Crippen LogP contribution in [0.2, 0.25) is 0 Å². The van der Waals surface area contributed by atoms with E-state index in [4.69, 9.17) is 9.47 Å². The van der Waals surface area contributed by atoms with Gasteiger partial charge in [0.25, 0.3) is 10.2 Å². The molecule has 0 saturated carbocycles. The van der Waals surface area contributed by atoms with Gasteiger partial charge in [0.2, 0.25) is 5.91 Å². The van der Waals surface area contributed by atoms with Gasteiger partial charge in [0, 0.05) is 48.8 Å². The molecule has 6 atom stereocenters. The average Bonchev–Trinajstić information content (AvgIpc) is 3.61. The molecule has 12 nitrogen and oxygen atoms in total. The van der Waals surface area contributed by atoms with E-state index in [-0.39, 0.29) is 61.7 Å². The summed E-state index contributed by atoms with van der Waals surface area (Å²) in [6.45, 7) is 11.9. The smallest absolute Gasteiger partial charge is 0.410 e. The van der Waals surface area contributed by atoms with Crippen LogP contribution in [-0.4, -0.2) is 113 Å². The number of fused-ring (bicyclic) bond motifs is 1. The average molecular weight is 661 g/mol. The number of nitrogens with zero attached hydrogens (tertiary/aromatic N) is 4. The molecule has 0 spiro atoms. The predicted octanol–water partition coefficient (Wildman–Crippen LogP) is 2.35. The fraction of sp³-hybridized carbons (Fsp3) is 0.516. The standard InChI is InChI=1S/C31H40N4O8S2/c1-5-14-42-30(38)27-28(20(3)26-25(21(4)36)29(37)35(26)27)44-24-16-23(34(19-24)31(39)43-15-6-2)18-33-13-12-32(45(33,40)41)17-22-10-8-7-9-11-22/h5-11,20-21,23-26,36H,1-2,12-19H2,3-4H3/t20-,21-,23+,24+,25-,26-/m1/s1. The van der Waals surface area contributed by atoms with Crippen LogP contribution >= 0.6 is 11.8 Å². The molecule has 5 rings (SSSR count). The van der Waals surface area contributed by atoms with E-state index in [9.17, 15) is 27.9 Å². The topological polar surface area (TPSA) is 137 Å². The molecule has 3 saturated heterocycles. The Balaban J connectivity index is 1.36. The summed E-state index contributed by atoms with van der Waals surface area (Å²) in [5.41, 5.74) is 1.04. The third kappa shape index (κ3) is 6.43. The molecule has 244 valence electrons.